The minimum absolute atomic E-state index is 0.100. The van der Waals surface area contributed by atoms with E-state index in [1.54, 1.807) is 23.9 Å². The lowest BCUT2D eigenvalue weighted by Crippen LogP contribution is -2.31. The summed E-state index contributed by atoms with van der Waals surface area (Å²) in [4.78, 5) is 0.222. The number of hydrogen-bond acceptors (Lipinski definition) is 4. The first-order valence-electron chi connectivity index (χ1n) is 6.40. The molecule has 0 radical (unpaired) electrons. The standard InChI is InChI=1S/C13H19ClN2O2S2/c1-15-8-10-3-4-11(7-12(10)14)20(17,18)16-9-13(19-2)5-6-13/h3-4,7,15-16H,5-6,8-9H2,1-2H3. The van der Waals surface area contributed by atoms with E-state index in [0.29, 0.717) is 18.1 Å². The quantitative estimate of drug-likeness (QED) is 0.803. The van der Waals surface area contributed by atoms with E-state index in [1.807, 2.05) is 13.3 Å². The highest BCUT2D eigenvalue weighted by Crippen LogP contribution is 2.46. The van der Waals surface area contributed by atoms with E-state index >= 15 is 0 Å². The molecule has 1 aromatic carbocycles. The van der Waals surface area contributed by atoms with Gasteiger partial charge in [0.25, 0.3) is 0 Å². The number of sulfonamides is 1. The van der Waals surface area contributed by atoms with Crippen molar-refractivity contribution in [3.05, 3.63) is 28.8 Å². The maximum Gasteiger partial charge on any atom is 0.240 e. The Bertz CT molecular complexity index is 586. The van der Waals surface area contributed by atoms with Crippen molar-refractivity contribution in [2.45, 2.75) is 29.0 Å². The lowest BCUT2D eigenvalue weighted by Gasteiger charge is -2.14. The normalized spacial score (nSPS) is 17.1. The topological polar surface area (TPSA) is 58.2 Å². The second-order valence-electron chi connectivity index (χ2n) is 5.00. The molecule has 1 aliphatic rings. The number of rotatable bonds is 7. The molecular weight excluding hydrogens is 316 g/mol. The SMILES string of the molecule is CNCc1ccc(S(=O)(=O)NCC2(SC)CC2)cc1Cl. The molecule has 2 N–H and O–H groups in total. The van der Waals surface area contributed by atoms with Gasteiger partial charge >= 0.3 is 0 Å². The fraction of sp³-hybridized carbons (Fsp3) is 0.538. The third-order valence-corrected chi connectivity index (χ3v) is 6.70. The molecule has 4 nitrogen and oxygen atoms in total. The lowest BCUT2D eigenvalue weighted by molar-refractivity contribution is 0.579. The first kappa shape index (κ1) is 16.1. The summed E-state index contributed by atoms with van der Waals surface area (Å²) in [7, 11) is -1.67. The van der Waals surface area contributed by atoms with E-state index in [2.05, 4.69) is 10.0 Å². The summed E-state index contributed by atoms with van der Waals surface area (Å²) < 4.78 is 27.3. The molecule has 2 rings (SSSR count). The van der Waals surface area contributed by atoms with Crippen molar-refractivity contribution in [3.8, 4) is 0 Å². The molecule has 0 heterocycles. The Balaban J connectivity index is 2.11. The van der Waals surface area contributed by atoms with Gasteiger partial charge in [-0.15, -0.1) is 0 Å². The third kappa shape index (κ3) is 3.68. The number of halogens is 1. The Morgan fingerprint density at radius 2 is 2.10 bits per heavy atom. The molecule has 0 atom stereocenters. The smallest absolute Gasteiger partial charge is 0.240 e. The van der Waals surface area contributed by atoms with E-state index in [1.165, 1.54) is 6.07 Å². The van der Waals surface area contributed by atoms with Crippen LogP contribution in [0.15, 0.2) is 23.1 Å². The zero-order valence-corrected chi connectivity index (χ0v) is 14.0. The highest BCUT2D eigenvalue weighted by molar-refractivity contribution is 8.00. The summed E-state index contributed by atoms with van der Waals surface area (Å²) in [6.45, 7) is 1.09. The van der Waals surface area contributed by atoms with Crippen molar-refractivity contribution in [2.75, 3.05) is 19.8 Å². The maximum absolute atomic E-state index is 12.2. The third-order valence-electron chi connectivity index (χ3n) is 3.53. The highest BCUT2D eigenvalue weighted by Gasteiger charge is 2.42. The van der Waals surface area contributed by atoms with E-state index in [0.717, 1.165) is 18.4 Å². The Hall–Kier alpha value is -0.270. The van der Waals surface area contributed by atoms with E-state index in [-0.39, 0.29) is 9.64 Å². The zero-order valence-electron chi connectivity index (χ0n) is 11.6. The first-order valence-corrected chi connectivity index (χ1v) is 9.49. The largest absolute Gasteiger partial charge is 0.316 e. The summed E-state index contributed by atoms with van der Waals surface area (Å²) in [6, 6.07) is 4.85. The van der Waals surface area contributed by atoms with Crippen LogP contribution in [0, 0.1) is 0 Å². The maximum atomic E-state index is 12.2. The molecule has 0 bridgehead atoms. The molecule has 0 aliphatic heterocycles. The summed E-state index contributed by atoms with van der Waals surface area (Å²) in [5.74, 6) is 0. The van der Waals surface area contributed by atoms with E-state index in [4.69, 9.17) is 11.6 Å². The van der Waals surface area contributed by atoms with Crippen molar-refractivity contribution in [1.82, 2.24) is 10.0 Å². The number of benzene rings is 1. The monoisotopic (exact) mass is 334 g/mol. The van der Waals surface area contributed by atoms with Gasteiger partial charge in [-0.05, 0) is 43.8 Å². The van der Waals surface area contributed by atoms with Gasteiger partial charge in [0, 0.05) is 22.9 Å². The Morgan fingerprint density at radius 1 is 1.40 bits per heavy atom. The first-order chi connectivity index (χ1) is 9.42. The molecule has 20 heavy (non-hydrogen) atoms. The van der Waals surface area contributed by atoms with Gasteiger partial charge in [0.2, 0.25) is 10.0 Å². The lowest BCUT2D eigenvalue weighted by atomic mass is 10.2. The fourth-order valence-corrected chi connectivity index (χ4v) is 4.21. The summed E-state index contributed by atoms with van der Waals surface area (Å²) >= 11 is 7.83. The summed E-state index contributed by atoms with van der Waals surface area (Å²) in [6.07, 6.45) is 4.15. The van der Waals surface area contributed by atoms with Crippen molar-refractivity contribution in [1.29, 1.82) is 0 Å². The van der Waals surface area contributed by atoms with Crippen LogP contribution in [0.3, 0.4) is 0 Å². The number of thioether (sulfide) groups is 1. The van der Waals surface area contributed by atoms with Gasteiger partial charge in [-0.1, -0.05) is 17.7 Å². The molecule has 0 spiro atoms. The molecule has 1 aliphatic carbocycles. The van der Waals surface area contributed by atoms with Crippen LogP contribution in [0.1, 0.15) is 18.4 Å². The molecule has 7 heteroatoms. The highest BCUT2D eigenvalue weighted by atomic mass is 35.5. The number of hydrogen-bond donors (Lipinski definition) is 2. The minimum Gasteiger partial charge on any atom is -0.316 e. The predicted octanol–water partition coefficient (Wildman–Crippen LogP) is 2.23. The van der Waals surface area contributed by atoms with Crippen LogP contribution in [0.25, 0.3) is 0 Å². The van der Waals surface area contributed by atoms with E-state index < -0.39 is 10.0 Å². The fourth-order valence-electron chi connectivity index (χ4n) is 1.93. The van der Waals surface area contributed by atoms with Gasteiger partial charge in [0.15, 0.2) is 0 Å². The van der Waals surface area contributed by atoms with Gasteiger partial charge in [-0.2, -0.15) is 11.8 Å². The van der Waals surface area contributed by atoms with E-state index in [9.17, 15) is 8.42 Å². The number of nitrogens with one attached hydrogen (secondary N) is 2. The van der Waals surface area contributed by atoms with Crippen LogP contribution < -0.4 is 10.0 Å². The van der Waals surface area contributed by atoms with Gasteiger partial charge in [0.05, 0.1) is 4.90 Å². The van der Waals surface area contributed by atoms with Crippen molar-refractivity contribution in [3.63, 3.8) is 0 Å². The molecule has 0 aromatic heterocycles. The van der Waals surface area contributed by atoms with Crippen LogP contribution in [-0.4, -0.2) is 33.0 Å². The second-order valence-corrected chi connectivity index (χ2v) is 8.44. The van der Waals surface area contributed by atoms with Gasteiger partial charge in [-0.25, -0.2) is 13.1 Å². The van der Waals surface area contributed by atoms with Crippen molar-refractivity contribution >= 4 is 33.4 Å². The predicted molar refractivity (Wildman–Crippen MR) is 84.9 cm³/mol. The Kier molecular flexibility index (Phi) is 5.02. The molecule has 1 fully saturated rings. The van der Waals surface area contributed by atoms with Gasteiger partial charge < -0.3 is 5.32 Å². The average molecular weight is 335 g/mol. The van der Waals surface area contributed by atoms with Crippen LogP contribution in [-0.2, 0) is 16.6 Å². The molecule has 0 amide bonds. The average Bonchev–Trinajstić information content (AvgIpc) is 3.20. The minimum atomic E-state index is -3.49. The summed E-state index contributed by atoms with van der Waals surface area (Å²) in [5, 5.41) is 3.46. The Labute approximate surface area is 129 Å². The molecule has 1 saturated carbocycles. The Morgan fingerprint density at radius 3 is 2.60 bits per heavy atom. The van der Waals surface area contributed by atoms with Crippen LogP contribution in [0.4, 0.5) is 0 Å². The summed E-state index contributed by atoms with van der Waals surface area (Å²) in [5.41, 5.74) is 0.885. The second kappa shape index (κ2) is 6.23. The van der Waals surface area contributed by atoms with Crippen LogP contribution in [0.2, 0.25) is 5.02 Å². The molecule has 112 valence electrons. The molecular formula is C13H19ClN2O2S2. The molecule has 1 aromatic rings. The van der Waals surface area contributed by atoms with Crippen LogP contribution >= 0.6 is 23.4 Å². The molecule has 0 unspecified atom stereocenters. The van der Waals surface area contributed by atoms with Gasteiger partial charge in [-0.3, -0.25) is 0 Å². The van der Waals surface area contributed by atoms with Gasteiger partial charge in [0.1, 0.15) is 0 Å². The molecule has 0 saturated heterocycles. The van der Waals surface area contributed by atoms with Crippen molar-refractivity contribution in [2.24, 2.45) is 0 Å². The zero-order chi connectivity index (χ0) is 14.8. The van der Waals surface area contributed by atoms with Crippen LogP contribution in [0.5, 0.6) is 0 Å². The van der Waals surface area contributed by atoms with Crippen molar-refractivity contribution < 1.29 is 8.42 Å².